The molecule has 1 aromatic rings. The third-order valence-electron chi connectivity index (χ3n) is 4.04. The predicted molar refractivity (Wildman–Crippen MR) is 75.9 cm³/mol. The summed E-state index contributed by atoms with van der Waals surface area (Å²) in [6.45, 7) is 5.36. The van der Waals surface area contributed by atoms with Gasteiger partial charge in [0.15, 0.2) is 6.23 Å². The number of β-lactam (4-membered cyclic amide) rings is 1. The summed E-state index contributed by atoms with van der Waals surface area (Å²) >= 11 is 0. The van der Waals surface area contributed by atoms with Crippen molar-refractivity contribution in [3.05, 3.63) is 41.5 Å². The van der Waals surface area contributed by atoms with Gasteiger partial charge in [0, 0.05) is 17.8 Å². The summed E-state index contributed by atoms with van der Waals surface area (Å²) in [5, 5.41) is 21.9. The van der Waals surface area contributed by atoms with Gasteiger partial charge < -0.3 is 19.7 Å². The van der Waals surface area contributed by atoms with Crippen LogP contribution in [0.1, 0.15) is 32.4 Å². The standard InChI is InChI=1S/C16H18N2O5.Na/c1-16(2,3)12-10(15(21)22)18-13(20)9(14(18)23-12)11(19)8-4-6-17-7-5-8;/h4-7,9,11,14,19H,1-3H3,(H,21,22);/q;+1/p-1/t9-,11-,14+;/m0./s1. The molecule has 2 aliphatic heterocycles. The van der Waals surface area contributed by atoms with Gasteiger partial charge in [0.25, 0.3) is 0 Å². The monoisotopic (exact) mass is 340 g/mol. The molecule has 1 fully saturated rings. The molecule has 0 saturated carbocycles. The molecule has 1 saturated heterocycles. The normalized spacial score (nSPS) is 23.8. The van der Waals surface area contributed by atoms with E-state index in [0.29, 0.717) is 5.56 Å². The summed E-state index contributed by atoms with van der Waals surface area (Å²) in [6.07, 6.45) is 1.11. The number of ether oxygens (including phenoxy) is 1. The summed E-state index contributed by atoms with van der Waals surface area (Å²) in [6, 6.07) is 3.21. The van der Waals surface area contributed by atoms with Crippen LogP contribution in [0.5, 0.6) is 0 Å². The number of carboxylic acids is 1. The molecule has 122 valence electrons. The number of fused-ring (bicyclic) bond motifs is 1. The largest absolute Gasteiger partial charge is 1.00 e. The Morgan fingerprint density at radius 2 is 1.96 bits per heavy atom. The Labute approximate surface area is 161 Å². The van der Waals surface area contributed by atoms with Gasteiger partial charge in [-0.1, -0.05) is 20.8 Å². The first kappa shape index (κ1) is 18.9. The number of aliphatic hydroxyl groups is 1. The van der Waals surface area contributed by atoms with Gasteiger partial charge in [0.2, 0.25) is 5.91 Å². The average Bonchev–Trinajstić information content (AvgIpc) is 2.84. The molecule has 3 heterocycles. The minimum absolute atomic E-state index is 0. The molecule has 0 bridgehead atoms. The van der Waals surface area contributed by atoms with Crippen molar-refractivity contribution in [2.24, 2.45) is 11.3 Å². The van der Waals surface area contributed by atoms with Gasteiger partial charge in [0.1, 0.15) is 17.4 Å². The molecule has 3 rings (SSSR count). The van der Waals surface area contributed by atoms with Crippen LogP contribution in [0.3, 0.4) is 0 Å². The summed E-state index contributed by atoms with van der Waals surface area (Å²) < 4.78 is 5.71. The Morgan fingerprint density at radius 1 is 1.38 bits per heavy atom. The molecule has 2 aliphatic rings. The van der Waals surface area contributed by atoms with Crippen molar-refractivity contribution >= 4 is 11.9 Å². The molecule has 1 aromatic heterocycles. The van der Waals surface area contributed by atoms with Gasteiger partial charge in [-0.2, -0.15) is 0 Å². The van der Waals surface area contributed by atoms with E-state index in [-0.39, 0.29) is 41.0 Å². The van der Waals surface area contributed by atoms with E-state index in [9.17, 15) is 19.8 Å². The Morgan fingerprint density at radius 3 is 2.46 bits per heavy atom. The topological polar surface area (TPSA) is 103 Å². The molecular formula is C16H17N2NaO5. The fraction of sp³-hybridized carbons (Fsp3) is 0.438. The number of pyridine rings is 1. The summed E-state index contributed by atoms with van der Waals surface area (Å²) in [7, 11) is 0. The molecule has 0 unspecified atom stereocenters. The number of aliphatic carboxylic acids is 1. The van der Waals surface area contributed by atoms with E-state index in [0.717, 1.165) is 4.90 Å². The summed E-state index contributed by atoms with van der Waals surface area (Å²) in [5.74, 6) is -2.60. The number of hydrogen-bond donors (Lipinski definition) is 1. The first-order valence-electron chi connectivity index (χ1n) is 7.27. The fourth-order valence-electron chi connectivity index (χ4n) is 2.92. The average molecular weight is 340 g/mol. The number of carbonyl (C=O) groups excluding carboxylic acids is 2. The molecular weight excluding hydrogens is 323 g/mol. The van der Waals surface area contributed by atoms with Crippen molar-refractivity contribution in [1.29, 1.82) is 0 Å². The van der Waals surface area contributed by atoms with Crippen molar-refractivity contribution in [2.75, 3.05) is 0 Å². The molecule has 3 atom stereocenters. The quantitative estimate of drug-likeness (QED) is 0.463. The second kappa shape index (κ2) is 6.48. The summed E-state index contributed by atoms with van der Waals surface area (Å²) in [4.78, 5) is 28.7. The maximum absolute atomic E-state index is 12.4. The van der Waals surface area contributed by atoms with Crippen LogP contribution in [-0.4, -0.2) is 33.1 Å². The van der Waals surface area contributed by atoms with Crippen LogP contribution in [-0.2, 0) is 14.3 Å². The minimum Gasteiger partial charge on any atom is -0.543 e. The number of carboxylic acid groups (broad SMARTS) is 1. The number of amides is 1. The van der Waals surface area contributed by atoms with Crippen LogP contribution in [0.15, 0.2) is 36.0 Å². The SMILES string of the molecule is CC(C)(C)C1=C(C(=O)[O-])N2C(=O)[C@H]([C@@H](O)c3ccncc3)[C@H]2O1.[Na+]. The Hall–Kier alpha value is -1.41. The first-order chi connectivity index (χ1) is 10.7. The molecule has 0 aromatic carbocycles. The zero-order valence-corrected chi connectivity index (χ0v) is 16.0. The molecule has 0 aliphatic carbocycles. The van der Waals surface area contributed by atoms with E-state index in [2.05, 4.69) is 4.98 Å². The second-order valence-electron chi connectivity index (χ2n) is 6.68. The van der Waals surface area contributed by atoms with E-state index < -0.39 is 35.5 Å². The second-order valence-corrected chi connectivity index (χ2v) is 6.68. The fourth-order valence-corrected chi connectivity index (χ4v) is 2.92. The van der Waals surface area contributed by atoms with Crippen molar-refractivity contribution in [3.8, 4) is 0 Å². The number of aliphatic hydroxyl groups excluding tert-OH is 1. The number of carbonyl (C=O) groups is 2. The van der Waals surface area contributed by atoms with Crippen LogP contribution >= 0.6 is 0 Å². The van der Waals surface area contributed by atoms with Gasteiger partial charge >= 0.3 is 29.6 Å². The van der Waals surface area contributed by atoms with Crippen molar-refractivity contribution in [2.45, 2.75) is 33.1 Å². The first-order valence-corrected chi connectivity index (χ1v) is 7.27. The Kier molecular flexibility index (Phi) is 5.11. The van der Waals surface area contributed by atoms with Crippen LogP contribution in [0.2, 0.25) is 0 Å². The molecule has 1 amide bonds. The summed E-state index contributed by atoms with van der Waals surface area (Å²) in [5.41, 5.74) is -0.314. The molecule has 24 heavy (non-hydrogen) atoms. The maximum atomic E-state index is 12.4. The number of allylic oxidation sites excluding steroid dienone is 1. The molecule has 0 spiro atoms. The van der Waals surface area contributed by atoms with Gasteiger partial charge in [0.05, 0.1) is 12.1 Å². The van der Waals surface area contributed by atoms with Crippen molar-refractivity contribution in [3.63, 3.8) is 0 Å². The van der Waals surface area contributed by atoms with Crippen LogP contribution in [0.4, 0.5) is 0 Å². The van der Waals surface area contributed by atoms with E-state index >= 15 is 0 Å². The number of rotatable bonds is 3. The molecule has 7 nitrogen and oxygen atoms in total. The molecule has 8 heteroatoms. The number of nitrogens with zero attached hydrogens (tertiary/aromatic N) is 2. The maximum Gasteiger partial charge on any atom is 1.00 e. The van der Waals surface area contributed by atoms with E-state index in [1.165, 1.54) is 12.4 Å². The Bertz CT molecular complexity index is 698. The smallest absolute Gasteiger partial charge is 0.543 e. The van der Waals surface area contributed by atoms with Gasteiger partial charge in [-0.15, -0.1) is 0 Å². The Balaban J connectivity index is 0.00000208. The van der Waals surface area contributed by atoms with Gasteiger partial charge in [-0.3, -0.25) is 14.7 Å². The zero-order valence-electron chi connectivity index (χ0n) is 14.0. The predicted octanol–water partition coefficient (Wildman–Crippen LogP) is -3.06. The van der Waals surface area contributed by atoms with Gasteiger partial charge in [-0.05, 0) is 17.7 Å². The number of aromatic nitrogens is 1. The van der Waals surface area contributed by atoms with Crippen LogP contribution in [0, 0.1) is 11.3 Å². The third-order valence-corrected chi connectivity index (χ3v) is 4.04. The minimum atomic E-state index is -1.46. The van der Waals surface area contributed by atoms with E-state index in [1.54, 1.807) is 32.9 Å². The zero-order chi connectivity index (χ0) is 16.9. The van der Waals surface area contributed by atoms with E-state index in [1.807, 2.05) is 0 Å². The molecule has 1 N–H and O–H groups in total. The third kappa shape index (κ3) is 2.86. The van der Waals surface area contributed by atoms with Crippen LogP contribution in [0.25, 0.3) is 0 Å². The van der Waals surface area contributed by atoms with Crippen molar-refractivity contribution in [1.82, 2.24) is 9.88 Å². The van der Waals surface area contributed by atoms with Gasteiger partial charge in [-0.25, -0.2) is 0 Å². The van der Waals surface area contributed by atoms with E-state index in [4.69, 9.17) is 4.74 Å². The van der Waals surface area contributed by atoms with Crippen LogP contribution < -0.4 is 34.7 Å². The van der Waals surface area contributed by atoms with Crippen molar-refractivity contribution < 1.29 is 54.1 Å². The molecule has 0 radical (unpaired) electrons. The number of hydrogen-bond acceptors (Lipinski definition) is 6.